The highest BCUT2D eigenvalue weighted by Gasteiger charge is 2.14. The summed E-state index contributed by atoms with van der Waals surface area (Å²) < 4.78 is 0. The van der Waals surface area contributed by atoms with Crippen molar-refractivity contribution in [3.8, 4) is 0 Å². The van der Waals surface area contributed by atoms with Crippen LogP contribution in [0.25, 0.3) is 0 Å². The zero-order valence-electron chi connectivity index (χ0n) is 10.00. The van der Waals surface area contributed by atoms with E-state index in [4.69, 9.17) is 0 Å². The summed E-state index contributed by atoms with van der Waals surface area (Å²) in [5.74, 6) is 0.987. The minimum atomic E-state index is 0.515. The first kappa shape index (κ1) is 11.4. The Morgan fingerprint density at radius 1 is 1.44 bits per heavy atom. The fourth-order valence-electron chi connectivity index (χ4n) is 2.11. The van der Waals surface area contributed by atoms with Gasteiger partial charge in [0.15, 0.2) is 0 Å². The van der Waals surface area contributed by atoms with Crippen LogP contribution >= 0.6 is 0 Å². The Hall–Kier alpha value is -1.09. The van der Waals surface area contributed by atoms with Crippen LogP contribution in [-0.4, -0.2) is 18.1 Å². The van der Waals surface area contributed by atoms with Crippen molar-refractivity contribution in [1.29, 1.82) is 0 Å². The van der Waals surface area contributed by atoms with Gasteiger partial charge in [-0.25, -0.2) is 4.98 Å². The normalized spacial score (nSPS) is 20.7. The molecule has 0 radical (unpaired) electrons. The number of nitrogens with zero attached hydrogens (tertiary/aromatic N) is 1. The van der Waals surface area contributed by atoms with E-state index in [0.717, 1.165) is 25.3 Å². The number of hydrogen-bond acceptors (Lipinski definition) is 3. The monoisotopic (exact) mass is 219 g/mol. The van der Waals surface area contributed by atoms with E-state index in [9.17, 15) is 0 Å². The van der Waals surface area contributed by atoms with Crippen molar-refractivity contribution in [2.45, 2.75) is 38.6 Å². The standard InChI is InChI=1S/C13H21N3/c1-2-8-15-13-7-6-11(10-16-13)12-5-3-4-9-14-12/h6-7,10,12,14H,2-5,8-9H2,1H3,(H,15,16). The molecule has 0 bridgehead atoms. The van der Waals surface area contributed by atoms with E-state index in [2.05, 4.69) is 34.7 Å². The zero-order valence-corrected chi connectivity index (χ0v) is 10.00. The van der Waals surface area contributed by atoms with Crippen LogP contribution < -0.4 is 10.6 Å². The molecule has 2 heterocycles. The Labute approximate surface area is 97.7 Å². The van der Waals surface area contributed by atoms with Crippen LogP contribution in [0.1, 0.15) is 44.2 Å². The van der Waals surface area contributed by atoms with Crippen LogP contribution in [0.15, 0.2) is 18.3 Å². The van der Waals surface area contributed by atoms with Crippen LogP contribution in [0, 0.1) is 0 Å². The van der Waals surface area contributed by atoms with E-state index in [0.29, 0.717) is 6.04 Å². The maximum Gasteiger partial charge on any atom is 0.125 e. The quantitative estimate of drug-likeness (QED) is 0.817. The summed E-state index contributed by atoms with van der Waals surface area (Å²) >= 11 is 0. The van der Waals surface area contributed by atoms with Crippen LogP contribution in [0.2, 0.25) is 0 Å². The van der Waals surface area contributed by atoms with Crippen molar-refractivity contribution in [3.05, 3.63) is 23.9 Å². The number of aromatic nitrogens is 1. The first-order valence-electron chi connectivity index (χ1n) is 6.33. The second-order valence-corrected chi connectivity index (χ2v) is 4.41. The fourth-order valence-corrected chi connectivity index (χ4v) is 2.11. The average Bonchev–Trinajstić information content (AvgIpc) is 2.38. The Bertz CT molecular complexity index is 301. The first-order chi connectivity index (χ1) is 7.90. The van der Waals surface area contributed by atoms with E-state index in [1.165, 1.54) is 24.8 Å². The Balaban J connectivity index is 1.95. The van der Waals surface area contributed by atoms with Gasteiger partial charge in [0.2, 0.25) is 0 Å². The van der Waals surface area contributed by atoms with Crippen molar-refractivity contribution in [1.82, 2.24) is 10.3 Å². The van der Waals surface area contributed by atoms with Gasteiger partial charge in [0.1, 0.15) is 5.82 Å². The molecule has 1 saturated heterocycles. The van der Waals surface area contributed by atoms with Crippen molar-refractivity contribution in [3.63, 3.8) is 0 Å². The molecule has 2 N–H and O–H groups in total. The second-order valence-electron chi connectivity index (χ2n) is 4.41. The molecule has 16 heavy (non-hydrogen) atoms. The molecule has 0 aromatic carbocycles. The molecule has 2 rings (SSSR count). The number of rotatable bonds is 4. The predicted octanol–water partition coefficient (Wildman–Crippen LogP) is 2.72. The lowest BCUT2D eigenvalue weighted by Crippen LogP contribution is -2.26. The van der Waals surface area contributed by atoms with Gasteiger partial charge in [-0.05, 0) is 37.4 Å². The highest BCUT2D eigenvalue weighted by atomic mass is 15.0. The minimum Gasteiger partial charge on any atom is -0.370 e. The number of piperidine rings is 1. The zero-order chi connectivity index (χ0) is 11.2. The molecule has 0 spiro atoms. The highest BCUT2D eigenvalue weighted by molar-refractivity contribution is 5.36. The topological polar surface area (TPSA) is 37.0 Å². The number of hydrogen-bond donors (Lipinski definition) is 2. The lowest BCUT2D eigenvalue weighted by Gasteiger charge is -2.23. The largest absolute Gasteiger partial charge is 0.370 e. The molecule has 1 fully saturated rings. The van der Waals surface area contributed by atoms with E-state index < -0.39 is 0 Å². The molecule has 88 valence electrons. The molecule has 1 unspecified atom stereocenters. The summed E-state index contributed by atoms with van der Waals surface area (Å²) in [6, 6.07) is 4.79. The van der Waals surface area contributed by atoms with E-state index in [1.54, 1.807) is 0 Å². The van der Waals surface area contributed by atoms with Crippen molar-refractivity contribution in [2.24, 2.45) is 0 Å². The molecule has 0 saturated carbocycles. The molecule has 0 aliphatic carbocycles. The van der Waals surface area contributed by atoms with Gasteiger partial charge in [-0.1, -0.05) is 19.4 Å². The number of nitrogens with one attached hydrogen (secondary N) is 2. The number of anilines is 1. The molecule has 3 nitrogen and oxygen atoms in total. The molecule has 1 aromatic rings. The molecule has 1 aromatic heterocycles. The molecule has 1 aliphatic rings. The molecular weight excluding hydrogens is 198 g/mol. The molecule has 3 heteroatoms. The number of pyridine rings is 1. The summed E-state index contributed by atoms with van der Waals surface area (Å²) in [6.45, 7) is 4.29. The third-order valence-electron chi connectivity index (χ3n) is 3.06. The van der Waals surface area contributed by atoms with Crippen LogP contribution in [0.4, 0.5) is 5.82 Å². The van der Waals surface area contributed by atoms with Crippen LogP contribution in [-0.2, 0) is 0 Å². The predicted molar refractivity (Wildman–Crippen MR) is 67.6 cm³/mol. The van der Waals surface area contributed by atoms with E-state index in [-0.39, 0.29) is 0 Å². The Kier molecular flexibility index (Phi) is 4.17. The molecule has 0 amide bonds. The summed E-state index contributed by atoms with van der Waals surface area (Å²) in [6.07, 6.45) is 7.01. The van der Waals surface area contributed by atoms with Crippen LogP contribution in [0.3, 0.4) is 0 Å². The van der Waals surface area contributed by atoms with Gasteiger partial charge >= 0.3 is 0 Å². The molecule has 1 aliphatic heterocycles. The summed E-state index contributed by atoms with van der Waals surface area (Å²) in [7, 11) is 0. The maximum absolute atomic E-state index is 4.44. The van der Waals surface area contributed by atoms with Crippen LogP contribution in [0.5, 0.6) is 0 Å². The van der Waals surface area contributed by atoms with Gasteiger partial charge in [0, 0.05) is 18.8 Å². The smallest absolute Gasteiger partial charge is 0.125 e. The van der Waals surface area contributed by atoms with Gasteiger partial charge in [0.25, 0.3) is 0 Å². The summed E-state index contributed by atoms with van der Waals surface area (Å²) in [5.41, 5.74) is 1.32. The SMILES string of the molecule is CCCNc1ccc(C2CCCCN2)cn1. The van der Waals surface area contributed by atoms with Gasteiger partial charge in [0.05, 0.1) is 0 Å². The van der Waals surface area contributed by atoms with Crippen molar-refractivity contribution < 1.29 is 0 Å². The minimum absolute atomic E-state index is 0.515. The van der Waals surface area contributed by atoms with Gasteiger partial charge < -0.3 is 10.6 Å². The first-order valence-corrected chi connectivity index (χ1v) is 6.33. The fraction of sp³-hybridized carbons (Fsp3) is 0.615. The highest BCUT2D eigenvalue weighted by Crippen LogP contribution is 2.22. The van der Waals surface area contributed by atoms with Crippen molar-refractivity contribution >= 4 is 5.82 Å². The summed E-state index contributed by atoms with van der Waals surface area (Å²) in [5, 5.41) is 6.83. The Morgan fingerprint density at radius 3 is 3.00 bits per heavy atom. The van der Waals surface area contributed by atoms with Gasteiger partial charge in [-0.2, -0.15) is 0 Å². The van der Waals surface area contributed by atoms with E-state index in [1.807, 2.05) is 6.20 Å². The third kappa shape index (κ3) is 2.95. The third-order valence-corrected chi connectivity index (χ3v) is 3.06. The maximum atomic E-state index is 4.44. The molecular formula is C13H21N3. The summed E-state index contributed by atoms with van der Waals surface area (Å²) in [4.78, 5) is 4.44. The average molecular weight is 219 g/mol. The lowest BCUT2D eigenvalue weighted by molar-refractivity contribution is 0.411. The second kappa shape index (κ2) is 5.85. The Morgan fingerprint density at radius 2 is 2.38 bits per heavy atom. The van der Waals surface area contributed by atoms with Gasteiger partial charge in [-0.15, -0.1) is 0 Å². The molecule has 1 atom stereocenters. The van der Waals surface area contributed by atoms with Crippen molar-refractivity contribution in [2.75, 3.05) is 18.4 Å². The van der Waals surface area contributed by atoms with Gasteiger partial charge in [-0.3, -0.25) is 0 Å². The van der Waals surface area contributed by atoms with E-state index >= 15 is 0 Å². The lowest BCUT2D eigenvalue weighted by atomic mass is 9.99.